The Hall–Kier alpha value is -0.570. The van der Waals surface area contributed by atoms with Gasteiger partial charge in [-0.3, -0.25) is 4.79 Å². The highest BCUT2D eigenvalue weighted by Gasteiger charge is 2.27. The number of hydrogen-bond acceptors (Lipinski definition) is 3. The van der Waals surface area contributed by atoms with Crippen molar-refractivity contribution in [3.63, 3.8) is 0 Å². The van der Waals surface area contributed by atoms with Crippen molar-refractivity contribution in [1.82, 2.24) is 0 Å². The van der Waals surface area contributed by atoms with Gasteiger partial charge in [-0.05, 0) is 33.1 Å². The Morgan fingerprint density at radius 3 is 2.92 bits per heavy atom. The molecule has 0 amide bonds. The van der Waals surface area contributed by atoms with Gasteiger partial charge in [-0.25, -0.2) is 0 Å². The van der Waals surface area contributed by atoms with Crippen LogP contribution in [0.3, 0.4) is 0 Å². The molecule has 0 aromatic carbocycles. The van der Waals surface area contributed by atoms with Gasteiger partial charge in [0.15, 0.2) is 0 Å². The van der Waals surface area contributed by atoms with Gasteiger partial charge < -0.3 is 9.47 Å². The third-order valence-electron chi connectivity index (χ3n) is 2.43. The Morgan fingerprint density at radius 2 is 2.38 bits per heavy atom. The first kappa shape index (κ1) is 10.5. The molecule has 1 aliphatic heterocycles. The third kappa shape index (κ3) is 2.99. The molecule has 13 heavy (non-hydrogen) atoms. The van der Waals surface area contributed by atoms with Gasteiger partial charge in [0.25, 0.3) is 0 Å². The van der Waals surface area contributed by atoms with E-state index < -0.39 is 0 Å². The van der Waals surface area contributed by atoms with Crippen LogP contribution in [0.5, 0.6) is 0 Å². The quantitative estimate of drug-likeness (QED) is 0.630. The van der Waals surface area contributed by atoms with Crippen molar-refractivity contribution in [2.75, 3.05) is 13.2 Å². The van der Waals surface area contributed by atoms with E-state index in [1.54, 1.807) is 0 Å². The topological polar surface area (TPSA) is 35.5 Å². The summed E-state index contributed by atoms with van der Waals surface area (Å²) in [6.07, 6.45) is 3.34. The van der Waals surface area contributed by atoms with Crippen LogP contribution in [-0.4, -0.2) is 25.3 Å². The van der Waals surface area contributed by atoms with E-state index in [9.17, 15) is 4.79 Å². The van der Waals surface area contributed by atoms with Crippen LogP contribution in [0, 0.1) is 5.92 Å². The average Bonchev–Trinajstić information content (AvgIpc) is 2.18. The number of esters is 1. The van der Waals surface area contributed by atoms with Gasteiger partial charge in [0, 0.05) is 6.61 Å². The van der Waals surface area contributed by atoms with Crippen molar-refractivity contribution in [2.45, 2.75) is 39.2 Å². The number of carbonyl (C=O) groups is 1. The zero-order chi connectivity index (χ0) is 9.68. The smallest absolute Gasteiger partial charge is 0.311 e. The lowest BCUT2D eigenvalue weighted by atomic mass is 9.97. The lowest BCUT2D eigenvalue weighted by Crippen LogP contribution is -2.32. The van der Waals surface area contributed by atoms with Gasteiger partial charge in [0.1, 0.15) is 0 Å². The molecule has 1 fully saturated rings. The van der Waals surface area contributed by atoms with Gasteiger partial charge in [0.2, 0.25) is 0 Å². The van der Waals surface area contributed by atoms with Gasteiger partial charge in [0.05, 0.1) is 18.6 Å². The summed E-state index contributed by atoms with van der Waals surface area (Å²) in [5.41, 5.74) is 0. The van der Waals surface area contributed by atoms with Crippen molar-refractivity contribution < 1.29 is 14.3 Å². The molecule has 1 heterocycles. The minimum atomic E-state index is -0.130. The molecule has 0 saturated carbocycles. The number of carbonyl (C=O) groups excluding carboxylic acids is 1. The van der Waals surface area contributed by atoms with Crippen LogP contribution < -0.4 is 0 Å². The SMILES string of the molecule is CCOC(=O)[C@@H](C)[C@@H]1CCCCO1. The van der Waals surface area contributed by atoms with Crippen molar-refractivity contribution in [2.24, 2.45) is 5.92 Å². The highest BCUT2D eigenvalue weighted by molar-refractivity contribution is 5.72. The molecule has 1 saturated heterocycles. The first-order valence-corrected chi connectivity index (χ1v) is 5.04. The minimum Gasteiger partial charge on any atom is -0.466 e. The van der Waals surface area contributed by atoms with E-state index in [0.717, 1.165) is 25.9 Å². The maximum Gasteiger partial charge on any atom is 0.311 e. The number of hydrogen-bond donors (Lipinski definition) is 0. The Kier molecular flexibility index (Phi) is 4.22. The van der Waals surface area contributed by atoms with Gasteiger partial charge in [-0.2, -0.15) is 0 Å². The van der Waals surface area contributed by atoms with Crippen LogP contribution >= 0.6 is 0 Å². The minimum absolute atomic E-state index is 0.0767. The third-order valence-corrected chi connectivity index (χ3v) is 2.43. The molecule has 0 aromatic rings. The molecule has 0 spiro atoms. The predicted octanol–water partition coefficient (Wildman–Crippen LogP) is 1.75. The highest BCUT2D eigenvalue weighted by atomic mass is 16.5. The molecule has 1 rings (SSSR count). The molecule has 0 N–H and O–H groups in total. The van der Waals surface area contributed by atoms with E-state index in [1.807, 2.05) is 13.8 Å². The zero-order valence-corrected chi connectivity index (χ0v) is 8.41. The van der Waals surface area contributed by atoms with Crippen molar-refractivity contribution in [1.29, 1.82) is 0 Å². The molecule has 0 unspecified atom stereocenters. The van der Waals surface area contributed by atoms with E-state index >= 15 is 0 Å². The van der Waals surface area contributed by atoms with E-state index in [4.69, 9.17) is 9.47 Å². The zero-order valence-electron chi connectivity index (χ0n) is 8.41. The van der Waals surface area contributed by atoms with Crippen molar-refractivity contribution in [3.05, 3.63) is 0 Å². The van der Waals surface area contributed by atoms with Crippen molar-refractivity contribution in [3.8, 4) is 0 Å². The summed E-state index contributed by atoms with van der Waals surface area (Å²) >= 11 is 0. The molecule has 0 aliphatic carbocycles. The second kappa shape index (κ2) is 5.22. The van der Waals surface area contributed by atoms with Crippen LogP contribution in [-0.2, 0) is 14.3 Å². The first-order chi connectivity index (χ1) is 6.25. The molecular formula is C10H18O3. The Labute approximate surface area is 79.4 Å². The Morgan fingerprint density at radius 1 is 1.62 bits per heavy atom. The summed E-state index contributed by atoms with van der Waals surface area (Å²) in [4.78, 5) is 11.3. The molecule has 2 atom stereocenters. The van der Waals surface area contributed by atoms with Crippen molar-refractivity contribution >= 4 is 5.97 Å². The number of rotatable bonds is 3. The van der Waals surface area contributed by atoms with Crippen LogP contribution in [0.25, 0.3) is 0 Å². The molecule has 0 aromatic heterocycles. The summed E-state index contributed by atoms with van der Waals surface area (Å²) in [6, 6.07) is 0. The van der Waals surface area contributed by atoms with E-state index in [2.05, 4.69) is 0 Å². The number of ether oxygens (including phenoxy) is 2. The second-order valence-corrected chi connectivity index (χ2v) is 3.45. The molecule has 3 nitrogen and oxygen atoms in total. The van der Waals surface area contributed by atoms with Gasteiger partial charge in [-0.1, -0.05) is 0 Å². The first-order valence-electron chi connectivity index (χ1n) is 5.04. The fraction of sp³-hybridized carbons (Fsp3) is 0.900. The van der Waals surface area contributed by atoms with Gasteiger partial charge in [-0.15, -0.1) is 0 Å². The molecule has 0 radical (unpaired) electrons. The fourth-order valence-electron chi connectivity index (χ4n) is 1.59. The fourth-order valence-corrected chi connectivity index (χ4v) is 1.59. The Bertz CT molecular complexity index is 162. The van der Waals surface area contributed by atoms with Crippen LogP contribution in [0.15, 0.2) is 0 Å². The second-order valence-electron chi connectivity index (χ2n) is 3.45. The summed E-state index contributed by atoms with van der Waals surface area (Å²) in [7, 11) is 0. The highest BCUT2D eigenvalue weighted by Crippen LogP contribution is 2.20. The predicted molar refractivity (Wildman–Crippen MR) is 49.4 cm³/mol. The average molecular weight is 186 g/mol. The standard InChI is InChI=1S/C10H18O3/c1-3-12-10(11)8(2)9-6-4-5-7-13-9/h8-9H,3-7H2,1-2H3/t8-,9-/m0/s1. The van der Waals surface area contributed by atoms with E-state index in [0.29, 0.717) is 6.61 Å². The summed E-state index contributed by atoms with van der Waals surface area (Å²) in [5, 5.41) is 0. The molecule has 1 aliphatic rings. The summed E-state index contributed by atoms with van der Waals surface area (Å²) in [6.45, 7) is 4.95. The lowest BCUT2D eigenvalue weighted by molar-refractivity contribution is -0.154. The summed E-state index contributed by atoms with van der Waals surface area (Å²) < 4.78 is 10.4. The molecule has 0 bridgehead atoms. The maximum absolute atomic E-state index is 11.3. The lowest BCUT2D eigenvalue weighted by Gasteiger charge is -2.26. The molecular weight excluding hydrogens is 168 g/mol. The Balaban J connectivity index is 2.35. The maximum atomic E-state index is 11.3. The largest absolute Gasteiger partial charge is 0.466 e. The monoisotopic (exact) mass is 186 g/mol. The van der Waals surface area contributed by atoms with Gasteiger partial charge >= 0.3 is 5.97 Å². The molecule has 76 valence electrons. The normalized spacial score (nSPS) is 25.2. The van der Waals surface area contributed by atoms with Crippen LogP contribution in [0.4, 0.5) is 0 Å². The molecule has 3 heteroatoms. The van der Waals surface area contributed by atoms with Crippen LogP contribution in [0.1, 0.15) is 33.1 Å². The van der Waals surface area contributed by atoms with E-state index in [1.165, 1.54) is 0 Å². The van der Waals surface area contributed by atoms with Crippen LogP contribution in [0.2, 0.25) is 0 Å². The van der Waals surface area contributed by atoms with E-state index in [-0.39, 0.29) is 18.0 Å². The summed E-state index contributed by atoms with van der Waals surface area (Å²) in [5.74, 6) is -0.241.